The molecule has 1 rings (SSSR count). The second kappa shape index (κ2) is 2.85. The van der Waals surface area contributed by atoms with E-state index in [1.54, 1.807) is 7.05 Å². The fourth-order valence-corrected chi connectivity index (χ4v) is 0.870. The number of rotatable bonds is 3. The van der Waals surface area contributed by atoms with Gasteiger partial charge in [0.1, 0.15) is 0 Å². The molecular formula is C7H14N2. The van der Waals surface area contributed by atoms with Gasteiger partial charge in [0, 0.05) is 13.5 Å². The Morgan fingerprint density at radius 3 is 2.78 bits per heavy atom. The lowest BCUT2D eigenvalue weighted by atomic mass is 10.2. The minimum Gasteiger partial charge on any atom is -0.387 e. The summed E-state index contributed by atoms with van der Waals surface area (Å²) in [5.41, 5.74) is 5.50. The first-order valence-corrected chi connectivity index (χ1v) is 3.54. The van der Waals surface area contributed by atoms with E-state index >= 15 is 0 Å². The van der Waals surface area contributed by atoms with Crippen molar-refractivity contribution in [1.29, 1.82) is 0 Å². The van der Waals surface area contributed by atoms with E-state index in [4.69, 9.17) is 5.73 Å². The van der Waals surface area contributed by atoms with Crippen LogP contribution in [0.15, 0.2) is 4.99 Å². The number of nitrogens with two attached hydrogens (primary N) is 1. The van der Waals surface area contributed by atoms with Crippen LogP contribution in [0.1, 0.15) is 25.7 Å². The molecule has 1 aliphatic carbocycles. The molecule has 0 atom stereocenters. The van der Waals surface area contributed by atoms with Gasteiger partial charge >= 0.3 is 0 Å². The average Bonchev–Trinajstić information content (AvgIpc) is 2.65. The third-order valence-corrected chi connectivity index (χ3v) is 1.79. The SMILES string of the molecule is CN=C(N)CCC1CC1. The topological polar surface area (TPSA) is 38.4 Å². The van der Waals surface area contributed by atoms with E-state index in [1.165, 1.54) is 19.3 Å². The smallest absolute Gasteiger partial charge is 0.0933 e. The third kappa shape index (κ3) is 2.49. The molecule has 0 amide bonds. The lowest BCUT2D eigenvalue weighted by Gasteiger charge is -1.95. The molecule has 1 aliphatic rings. The van der Waals surface area contributed by atoms with Crippen LogP contribution in [-0.2, 0) is 0 Å². The van der Waals surface area contributed by atoms with Crippen molar-refractivity contribution in [1.82, 2.24) is 0 Å². The maximum atomic E-state index is 5.50. The summed E-state index contributed by atoms with van der Waals surface area (Å²) in [7, 11) is 1.75. The third-order valence-electron chi connectivity index (χ3n) is 1.79. The van der Waals surface area contributed by atoms with Gasteiger partial charge in [0.15, 0.2) is 0 Å². The molecular weight excluding hydrogens is 112 g/mol. The van der Waals surface area contributed by atoms with Gasteiger partial charge in [0.05, 0.1) is 5.84 Å². The first kappa shape index (κ1) is 6.59. The second-order valence-corrected chi connectivity index (χ2v) is 2.70. The molecule has 9 heavy (non-hydrogen) atoms. The minimum atomic E-state index is 0.807. The van der Waals surface area contributed by atoms with Gasteiger partial charge in [-0.05, 0) is 12.3 Å². The Balaban J connectivity index is 2.03. The van der Waals surface area contributed by atoms with Crippen LogP contribution in [0.2, 0.25) is 0 Å². The number of hydrogen-bond donors (Lipinski definition) is 1. The zero-order valence-electron chi connectivity index (χ0n) is 5.93. The molecule has 2 N–H and O–H groups in total. The normalized spacial score (nSPS) is 20.3. The Morgan fingerprint density at radius 2 is 2.33 bits per heavy atom. The standard InChI is InChI=1S/C7H14N2/c1-9-7(8)5-4-6-2-3-6/h6H,2-5H2,1H3,(H2,8,9). The van der Waals surface area contributed by atoms with Gasteiger partial charge in [-0.25, -0.2) is 0 Å². The molecule has 0 aromatic rings. The Kier molecular flexibility index (Phi) is 2.09. The largest absolute Gasteiger partial charge is 0.387 e. The molecule has 2 heteroatoms. The maximum absolute atomic E-state index is 5.50. The van der Waals surface area contributed by atoms with E-state index in [0.717, 1.165) is 18.2 Å². The van der Waals surface area contributed by atoms with Crippen LogP contribution in [0.4, 0.5) is 0 Å². The van der Waals surface area contributed by atoms with Crippen molar-refractivity contribution >= 4 is 5.84 Å². The van der Waals surface area contributed by atoms with E-state index in [2.05, 4.69) is 4.99 Å². The lowest BCUT2D eigenvalue weighted by molar-refractivity contribution is 0.755. The van der Waals surface area contributed by atoms with Crippen LogP contribution in [0, 0.1) is 5.92 Å². The summed E-state index contributed by atoms with van der Waals surface area (Å²) in [5, 5.41) is 0. The van der Waals surface area contributed by atoms with E-state index < -0.39 is 0 Å². The number of hydrogen-bond acceptors (Lipinski definition) is 1. The molecule has 0 unspecified atom stereocenters. The minimum absolute atomic E-state index is 0.807. The predicted molar refractivity (Wildman–Crippen MR) is 39.5 cm³/mol. The highest BCUT2D eigenvalue weighted by molar-refractivity contribution is 5.80. The first-order chi connectivity index (χ1) is 4.33. The number of aliphatic imine (C=N–C) groups is 1. The molecule has 0 aromatic carbocycles. The lowest BCUT2D eigenvalue weighted by Crippen LogP contribution is -2.10. The van der Waals surface area contributed by atoms with Gasteiger partial charge in [-0.15, -0.1) is 0 Å². The van der Waals surface area contributed by atoms with Gasteiger partial charge < -0.3 is 5.73 Å². The Labute approximate surface area is 56.2 Å². The molecule has 0 bridgehead atoms. The zero-order chi connectivity index (χ0) is 6.69. The summed E-state index contributed by atoms with van der Waals surface area (Å²) in [5.74, 6) is 1.78. The fraction of sp³-hybridized carbons (Fsp3) is 0.857. The second-order valence-electron chi connectivity index (χ2n) is 2.70. The molecule has 1 saturated carbocycles. The average molecular weight is 126 g/mol. The highest BCUT2D eigenvalue weighted by atomic mass is 14.8. The van der Waals surface area contributed by atoms with Gasteiger partial charge in [0.2, 0.25) is 0 Å². The quantitative estimate of drug-likeness (QED) is 0.447. The van der Waals surface area contributed by atoms with Crippen molar-refractivity contribution in [3.05, 3.63) is 0 Å². The molecule has 0 saturated heterocycles. The molecule has 52 valence electrons. The highest BCUT2D eigenvalue weighted by Crippen LogP contribution is 2.33. The van der Waals surface area contributed by atoms with E-state index in [9.17, 15) is 0 Å². The van der Waals surface area contributed by atoms with Crippen molar-refractivity contribution in [2.45, 2.75) is 25.7 Å². The number of nitrogens with zero attached hydrogens (tertiary/aromatic N) is 1. The van der Waals surface area contributed by atoms with Gasteiger partial charge in [0.25, 0.3) is 0 Å². The Bertz CT molecular complexity index is 114. The van der Waals surface area contributed by atoms with Crippen molar-refractivity contribution in [2.24, 2.45) is 16.6 Å². The summed E-state index contributed by atoms with van der Waals surface area (Å²) in [6.07, 6.45) is 5.08. The molecule has 1 fully saturated rings. The van der Waals surface area contributed by atoms with Crippen LogP contribution < -0.4 is 5.73 Å². The van der Waals surface area contributed by atoms with Crippen LogP contribution in [0.5, 0.6) is 0 Å². The van der Waals surface area contributed by atoms with Crippen LogP contribution in [0.3, 0.4) is 0 Å². The molecule has 0 heterocycles. The van der Waals surface area contributed by atoms with E-state index in [1.807, 2.05) is 0 Å². The van der Waals surface area contributed by atoms with Crippen molar-refractivity contribution < 1.29 is 0 Å². The van der Waals surface area contributed by atoms with Crippen molar-refractivity contribution in [3.8, 4) is 0 Å². The Morgan fingerprint density at radius 1 is 1.67 bits per heavy atom. The van der Waals surface area contributed by atoms with Crippen molar-refractivity contribution in [2.75, 3.05) is 7.05 Å². The zero-order valence-corrected chi connectivity index (χ0v) is 5.93. The fourth-order valence-electron chi connectivity index (χ4n) is 0.870. The molecule has 0 aliphatic heterocycles. The molecule has 0 spiro atoms. The van der Waals surface area contributed by atoms with Crippen LogP contribution in [-0.4, -0.2) is 12.9 Å². The highest BCUT2D eigenvalue weighted by Gasteiger charge is 2.20. The summed E-state index contributed by atoms with van der Waals surface area (Å²) in [6, 6.07) is 0. The van der Waals surface area contributed by atoms with Crippen LogP contribution in [0.25, 0.3) is 0 Å². The van der Waals surface area contributed by atoms with Gasteiger partial charge in [-0.1, -0.05) is 12.8 Å². The number of amidine groups is 1. The first-order valence-electron chi connectivity index (χ1n) is 3.54. The molecule has 0 radical (unpaired) electrons. The monoisotopic (exact) mass is 126 g/mol. The summed E-state index contributed by atoms with van der Waals surface area (Å²) in [4.78, 5) is 3.88. The summed E-state index contributed by atoms with van der Waals surface area (Å²) in [6.45, 7) is 0. The Hall–Kier alpha value is -0.530. The van der Waals surface area contributed by atoms with Gasteiger partial charge in [-0.2, -0.15) is 0 Å². The van der Waals surface area contributed by atoms with E-state index in [-0.39, 0.29) is 0 Å². The van der Waals surface area contributed by atoms with Gasteiger partial charge in [-0.3, -0.25) is 4.99 Å². The summed E-state index contributed by atoms with van der Waals surface area (Å²) >= 11 is 0. The van der Waals surface area contributed by atoms with E-state index in [0.29, 0.717) is 0 Å². The molecule has 2 nitrogen and oxygen atoms in total. The molecule has 0 aromatic heterocycles. The van der Waals surface area contributed by atoms with Crippen molar-refractivity contribution in [3.63, 3.8) is 0 Å². The predicted octanol–water partition coefficient (Wildman–Crippen LogP) is 1.16. The maximum Gasteiger partial charge on any atom is 0.0933 e. The summed E-state index contributed by atoms with van der Waals surface area (Å²) < 4.78 is 0. The van der Waals surface area contributed by atoms with Crippen LogP contribution >= 0.6 is 0 Å².